The summed E-state index contributed by atoms with van der Waals surface area (Å²) in [7, 11) is 0. The van der Waals surface area contributed by atoms with Crippen LogP contribution in [0.5, 0.6) is 0 Å². The second-order valence-electron chi connectivity index (χ2n) is 13.1. The molecule has 0 aliphatic heterocycles. The van der Waals surface area contributed by atoms with E-state index in [0.29, 0.717) is 17.5 Å². The highest BCUT2D eigenvalue weighted by molar-refractivity contribution is 5.98. The molecule has 0 saturated heterocycles. The van der Waals surface area contributed by atoms with Gasteiger partial charge in [0.1, 0.15) is 0 Å². The van der Waals surface area contributed by atoms with Gasteiger partial charge in [-0.05, 0) is 79.9 Å². The van der Waals surface area contributed by atoms with Crippen molar-refractivity contribution >= 4 is 0 Å². The third-order valence-electron chi connectivity index (χ3n) is 9.67. The van der Waals surface area contributed by atoms with Crippen LogP contribution in [0.3, 0.4) is 0 Å². The minimum Gasteiger partial charge on any atom is -0.265 e. The highest BCUT2D eigenvalue weighted by Gasteiger charge is 2.18. The summed E-state index contributed by atoms with van der Waals surface area (Å²) in [5.74, 6) is 1.88. The molecule has 2 aromatic heterocycles. The molecule has 254 valence electrons. The van der Waals surface area contributed by atoms with Crippen LogP contribution < -0.4 is 0 Å². The number of benzene rings is 7. The molecule has 0 N–H and O–H groups in total. The van der Waals surface area contributed by atoms with Gasteiger partial charge in [0.25, 0.3) is 0 Å². The van der Waals surface area contributed by atoms with Crippen molar-refractivity contribution < 1.29 is 0 Å². The van der Waals surface area contributed by atoms with Gasteiger partial charge in [-0.3, -0.25) is 4.98 Å². The number of hydrogen-bond donors (Lipinski definition) is 0. The van der Waals surface area contributed by atoms with Crippen LogP contribution in [-0.2, 0) is 0 Å². The van der Waals surface area contributed by atoms with Crippen molar-refractivity contribution in [3.8, 4) is 89.8 Å². The number of aromatic nitrogens is 4. The fourth-order valence-corrected chi connectivity index (χ4v) is 6.93. The first-order valence-corrected chi connectivity index (χ1v) is 18.0. The Labute approximate surface area is 315 Å². The smallest absolute Gasteiger partial charge is 0.164 e. The van der Waals surface area contributed by atoms with Crippen molar-refractivity contribution in [2.24, 2.45) is 0 Å². The topological polar surface area (TPSA) is 51.6 Å². The maximum absolute atomic E-state index is 5.05. The van der Waals surface area contributed by atoms with Gasteiger partial charge in [0.15, 0.2) is 17.5 Å². The molecular weight excluding hydrogens is 657 g/mol. The minimum atomic E-state index is 0.620. The van der Waals surface area contributed by atoms with E-state index in [1.54, 1.807) is 0 Å². The summed E-state index contributed by atoms with van der Waals surface area (Å²) in [5.41, 5.74) is 14.3. The molecule has 2 heterocycles. The zero-order valence-electron chi connectivity index (χ0n) is 29.4. The summed E-state index contributed by atoms with van der Waals surface area (Å²) in [4.78, 5) is 19.2. The van der Waals surface area contributed by atoms with Gasteiger partial charge in [-0.25, -0.2) is 15.0 Å². The minimum absolute atomic E-state index is 0.620. The third-order valence-corrected chi connectivity index (χ3v) is 9.67. The molecule has 9 rings (SSSR count). The van der Waals surface area contributed by atoms with Crippen LogP contribution in [0.1, 0.15) is 0 Å². The lowest BCUT2D eigenvalue weighted by atomic mass is 9.84. The molecule has 4 heteroatoms. The highest BCUT2D eigenvalue weighted by atomic mass is 15.0. The summed E-state index contributed by atoms with van der Waals surface area (Å²) in [6, 6.07) is 67.7. The Morgan fingerprint density at radius 1 is 0.241 bits per heavy atom. The summed E-state index contributed by atoms with van der Waals surface area (Å²) in [5, 5.41) is 0. The normalized spacial score (nSPS) is 11.0. The van der Waals surface area contributed by atoms with E-state index in [-0.39, 0.29) is 0 Å². The molecule has 9 aromatic rings. The Hall–Kier alpha value is -7.30. The molecule has 0 spiro atoms. The molecule has 0 saturated carbocycles. The van der Waals surface area contributed by atoms with E-state index in [1.165, 1.54) is 27.8 Å². The molecule has 0 unspecified atom stereocenters. The zero-order valence-corrected chi connectivity index (χ0v) is 29.4. The fraction of sp³-hybridized carbons (Fsp3) is 0. The van der Waals surface area contributed by atoms with Crippen molar-refractivity contribution in [1.82, 2.24) is 19.9 Å². The Bertz CT molecular complexity index is 2580. The molecule has 0 bridgehead atoms. The van der Waals surface area contributed by atoms with Crippen LogP contribution in [-0.4, -0.2) is 19.9 Å². The molecule has 0 radical (unpaired) electrons. The molecule has 0 fully saturated rings. The van der Waals surface area contributed by atoms with Crippen LogP contribution >= 0.6 is 0 Å². The van der Waals surface area contributed by atoms with Gasteiger partial charge >= 0.3 is 0 Å². The van der Waals surface area contributed by atoms with Crippen LogP contribution in [0.25, 0.3) is 89.8 Å². The number of pyridine rings is 1. The predicted octanol–water partition coefficient (Wildman–Crippen LogP) is 12.6. The summed E-state index contributed by atoms with van der Waals surface area (Å²) < 4.78 is 0. The second-order valence-corrected chi connectivity index (χ2v) is 13.1. The average Bonchev–Trinajstić information content (AvgIpc) is 3.27. The fourth-order valence-electron chi connectivity index (χ4n) is 6.93. The van der Waals surface area contributed by atoms with E-state index in [0.717, 1.165) is 44.5 Å². The molecule has 0 aliphatic rings. The largest absolute Gasteiger partial charge is 0.265 e. The van der Waals surface area contributed by atoms with Gasteiger partial charge in [0, 0.05) is 29.1 Å². The Kier molecular flexibility index (Phi) is 8.90. The monoisotopic (exact) mass is 690 g/mol. The Morgan fingerprint density at radius 3 is 1.00 bits per heavy atom. The first-order chi connectivity index (χ1) is 26.8. The van der Waals surface area contributed by atoms with Gasteiger partial charge in [-0.1, -0.05) is 170 Å². The van der Waals surface area contributed by atoms with Crippen LogP contribution in [0, 0.1) is 0 Å². The van der Waals surface area contributed by atoms with Gasteiger partial charge in [-0.2, -0.15) is 0 Å². The standard InChI is InChI=1S/C50H34N4/c1-5-13-35(14-6-1)44-33-45(38-15-7-2-8-16-38)47(46(34-44)39-17-9-3-10-18-39)40-23-27-43(28-24-40)50-53-48(41-19-11-4-12-20-41)52-49(54-50)42-25-21-36(22-26-42)37-29-31-51-32-30-37/h1-34H. The second kappa shape index (κ2) is 14.7. The molecule has 7 aromatic carbocycles. The number of hydrogen-bond acceptors (Lipinski definition) is 4. The van der Waals surface area contributed by atoms with Crippen molar-refractivity contribution in [3.63, 3.8) is 0 Å². The quantitative estimate of drug-likeness (QED) is 0.159. The third kappa shape index (κ3) is 6.72. The molecule has 0 atom stereocenters. The van der Waals surface area contributed by atoms with Gasteiger partial charge in [0.05, 0.1) is 0 Å². The maximum atomic E-state index is 5.05. The lowest BCUT2D eigenvalue weighted by molar-refractivity contribution is 1.07. The summed E-state index contributed by atoms with van der Waals surface area (Å²) >= 11 is 0. The van der Waals surface area contributed by atoms with Gasteiger partial charge < -0.3 is 0 Å². The lowest BCUT2D eigenvalue weighted by Gasteiger charge is -2.19. The van der Waals surface area contributed by atoms with E-state index in [1.807, 2.05) is 54.9 Å². The van der Waals surface area contributed by atoms with E-state index < -0.39 is 0 Å². The molecule has 0 amide bonds. The van der Waals surface area contributed by atoms with Gasteiger partial charge in [0.2, 0.25) is 0 Å². The molecule has 54 heavy (non-hydrogen) atoms. The van der Waals surface area contributed by atoms with Crippen molar-refractivity contribution in [1.29, 1.82) is 0 Å². The zero-order chi connectivity index (χ0) is 36.1. The number of nitrogens with zero attached hydrogens (tertiary/aromatic N) is 4. The summed E-state index contributed by atoms with van der Waals surface area (Å²) in [6.07, 6.45) is 3.62. The molecule has 0 aliphatic carbocycles. The highest BCUT2D eigenvalue weighted by Crippen LogP contribution is 2.43. The lowest BCUT2D eigenvalue weighted by Crippen LogP contribution is -2.00. The van der Waals surface area contributed by atoms with Crippen LogP contribution in [0.2, 0.25) is 0 Å². The van der Waals surface area contributed by atoms with Crippen molar-refractivity contribution in [3.05, 3.63) is 207 Å². The Morgan fingerprint density at radius 2 is 0.556 bits per heavy atom. The first kappa shape index (κ1) is 32.6. The Balaban J connectivity index is 1.17. The van der Waals surface area contributed by atoms with Crippen LogP contribution in [0.15, 0.2) is 207 Å². The van der Waals surface area contributed by atoms with E-state index in [4.69, 9.17) is 15.0 Å². The molecular formula is C50H34N4. The molecule has 4 nitrogen and oxygen atoms in total. The van der Waals surface area contributed by atoms with Crippen LogP contribution in [0.4, 0.5) is 0 Å². The van der Waals surface area contributed by atoms with E-state index in [9.17, 15) is 0 Å². The maximum Gasteiger partial charge on any atom is 0.164 e. The predicted molar refractivity (Wildman–Crippen MR) is 221 cm³/mol. The van der Waals surface area contributed by atoms with E-state index in [2.05, 4.69) is 157 Å². The average molecular weight is 691 g/mol. The SMILES string of the molecule is c1ccc(-c2cc(-c3ccccc3)c(-c3ccc(-c4nc(-c5ccccc5)nc(-c5ccc(-c6ccncc6)cc5)n4)cc3)c(-c3ccccc3)c2)cc1. The van der Waals surface area contributed by atoms with Gasteiger partial charge in [-0.15, -0.1) is 0 Å². The van der Waals surface area contributed by atoms with Crippen molar-refractivity contribution in [2.45, 2.75) is 0 Å². The summed E-state index contributed by atoms with van der Waals surface area (Å²) in [6.45, 7) is 0. The first-order valence-electron chi connectivity index (χ1n) is 18.0. The van der Waals surface area contributed by atoms with E-state index >= 15 is 0 Å². The van der Waals surface area contributed by atoms with Crippen molar-refractivity contribution in [2.75, 3.05) is 0 Å². The number of rotatable bonds is 8.